The molecule has 3 atom stereocenters. The Hall–Kier alpha value is -2.37. The summed E-state index contributed by atoms with van der Waals surface area (Å²) in [6.45, 7) is 1.24. The molecule has 2 heterocycles. The van der Waals surface area contributed by atoms with Gasteiger partial charge in [-0.2, -0.15) is 0 Å². The molecule has 2 aliphatic heterocycles. The minimum absolute atomic E-state index is 0.144. The lowest BCUT2D eigenvalue weighted by Gasteiger charge is -2.34. The number of cyclic esters (lactones) is 1. The van der Waals surface area contributed by atoms with Gasteiger partial charge in [0.1, 0.15) is 17.4 Å². The summed E-state index contributed by atoms with van der Waals surface area (Å²) in [4.78, 5) is 13.1. The maximum atomic E-state index is 13.1. The van der Waals surface area contributed by atoms with Gasteiger partial charge >= 0.3 is 5.97 Å². The van der Waals surface area contributed by atoms with Crippen molar-refractivity contribution in [3.8, 4) is 5.75 Å². The van der Waals surface area contributed by atoms with E-state index in [0.717, 1.165) is 56.1 Å². The predicted molar refractivity (Wildman–Crippen MR) is 118 cm³/mol. The van der Waals surface area contributed by atoms with Gasteiger partial charge in [-0.1, -0.05) is 42.5 Å². The minimum Gasteiger partial charge on any atom is -0.496 e. The molecular formula is C26H32O5. The van der Waals surface area contributed by atoms with Gasteiger partial charge in [-0.05, 0) is 55.7 Å². The fraction of sp³-hybridized carbons (Fsp3) is 0.500. The monoisotopic (exact) mass is 424 g/mol. The number of carbonyl (C=O) groups excluding carboxylic acids is 1. The topological polar surface area (TPSA) is 54.0 Å². The highest BCUT2D eigenvalue weighted by atomic mass is 16.6. The maximum absolute atomic E-state index is 13.1. The maximum Gasteiger partial charge on any atom is 0.342 e. The summed E-state index contributed by atoms with van der Waals surface area (Å²) in [5.74, 6) is 0.281. The van der Waals surface area contributed by atoms with Gasteiger partial charge in [0.25, 0.3) is 0 Å². The van der Waals surface area contributed by atoms with Gasteiger partial charge in [0, 0.05) is 13.0 Å². The van der Waals surface area contributed by atoms with E-state index in [-0.39, 0.29) is 24.3 Å². The molecule has 1 saturated heterocycles. The largest absolute Gasteiger partial charge is 0.496 e. The highest BCUT2D eigenvalue weighted by molar-refractivity contribution is 5.94. The molecule has 2 aromatic carbocycles. The Morgan fingerprint density at radius 3 is 2.71 bits per heavy atom. The van der Waals surface area contributed by atoms with Crippen LogP contribution in [-0.4, -0.2) is 38.0 Å². The first-order valence-electron chi connectivity index (χ1n) is 11.4. The summed E-state index contributed by atoms with van der Waals surface area (Å²) < 4.78 is 23.7. The van der Waals surface area contributed by atoms with Crippen molar-refractivity contribution in [3.05, 3.63) is 65.2 Å². The molecule has 0 amide bonds. The quantitative estimate of drug-likeness (QED) is 0.457. The predicted octanol–water partition coefficient (Wildman–Crippen LogP) is 5.10. The van der Waals surface area contributed by atoms with Crippen LogP contribution in [0.1, 0.15) is 60.0 Å². The van der Waals surface area contributed by atoms with E-state index >= 15 is 0 Å². The molecule has 1 fully saturated rings. The lowest BCUT2D eigenvalue weighted by molar-refractivity contribution is -0.0742. The summed E-state index contributed by atoms with van der Waals surface area (Å²) in [5.41, 5.74) is 2.66. The molecule has 31 heavy (non-hydrogen) atoms. The van der Waals surface area contributed by atoms with Gasteiger partial charge in [0.05, 0.1) is 25.9 Å². The molecule has 5 heteroatoms. The molecule has 5 nitrogen and oxygen atoms in total. The van der Waals surface area contributed by atoms with Crippen LogP contribution in [0.4, 0.5) is 0 Å². The average Bonchev–Trinajstić information content (AvgIpc) is 2.79. The first-order valence-corrected chi connectivity index (χ1v) is 11.4. The third-order valence-electron chi connectivity index (χ3n) is 6.15. The number of methoxy groups -OCH3 is 1. The fourth-order valence-corrected chi connectivity index (χ4v) is 4.60. The third-order valence-corrected chi connectivity index (χ3v) is 6.15. The number of hydrogen-bond acceptors (Lipinski definition) is 5. The third kappa shape index (κ3) is 5.86. The van der Waals surface area contributed by atoms with Crippen molar-refractivity contribution in [1.82, 2.24) is 0 Å². The Kier molecular flexibility index (Phi) is 7.60. The zero-order valence-corrected chi connectivity index (χ0v) is 18.3. The Morgan fingerprint density at radius 2 is 1.87 bits per heavy atom. The van der Waals surface area contributed by atoms with Crippen molar-refractivity contribution in [2.45, 2.75) is 69.9 Å². The number of benzene rings is 2. The van der Waals surface area contributed by atoms with Crippen LogP contribution in [0.15, 0.2) is 48.5 Å². The van der Waals surface area contributed by atoms with Gasteiger partial charge in [0.2, 0.25) is 0 Å². The SMILES string of the molecule is COc1cccc2c1C(=O)O[C@@H](CCCOCc1ccccc1)C[C@H]1CCC[C@H](C2)O1. The Balaban J connectivity index is 1.41. The zero-order chi connectivity index (χ0) is 21.5. The summed E-state index contributed by atoms with van der Waals surface area (Å²) in [6, 6.07) is 15.9. The molecule has 4 rings (SSSR count). The van der Waals surface area contributed by atoms with Crippen LogP contribution < -0.4 is 4.74 Å². The molecule has 0 radical (unpaired) electrons. The standard InChI is InChI=1S/C26H32O5/c1-28-24-14-5-10-20-16-21-11-6-12-22(30-21)17-23(31-26(27)25(20)24)13-7-15-29-18-19-8-3-2-4-9-19/h2-5,8-10,14,21-23H,6-7,11-13,15-18H2,1H3/t21-,22-,23+/m1/s1. The van der Waals surface area contributed by atoms with Crippen LogP contribution >= 0.6 is 0 Å². The van der Waals surface area contributed by atoms with Crippen LogP contribution in [0.5, 0.6) is 5.75 Å². The van der Waals surface area contributed by atoms with Crippen molar-refractivity contribution in [2.75, 3.05) is 13.7 Å². The van der Waals surface area contributed by atoms with Gasteiger partial charge < -0.3 is 18.9 Å². The molecular weight excluding hydrogens is 392 g/mol. The number of rotatable bonds is 7. The molecule has 2 bridgehead atoms. The van der Waals surface area contributed by atoms with Gasteiger partial charge in [-0.3, -0.25) is 0 Å². The molecule has 166 valence electrons. The second kappa shape index (κ2) is 10.8. The second-order valence-electron chi connectivity index (χ2n) is 8.45. The van der Waals surface area contributed by atoms with E-state index < -0.39 is 0 Å². The van der Waals surface area contributed by atoms with Crippen LogP contribution in [0, 0.1) is 0 Å². The average molecular weight is 425 g/mol. The first-order chi connectivity index (χ1) is 15.2. The molecule has 0 unspecified atom stereocenters. The van der Waals surface area contributed by atoms with Crippen molar-refractivity contribution in [1.29, 1.82) is 0 Å². The number of carbonyl (C=O) groups is 1. The second-order valence-corrected chi connectivity index (χ2v) is 8.45. The van der Waals surface area contributed by atoms with E-state index in [2.05, 4.69) is 12.1 Å². The Labute approximate surface area is 184 Å². The smallest absolute Gasteiger partial charge is 0.342 e. The summed E-state index contributed by atoms with van der Waals surface area (Å²) in [5, 5.41) is 0. The lowest BCUT2D eigenvalue weighted by Crippen LogP contribution is -2.35. The van der Waals surface area contributed by atoms with E-state index in [9.17, 15) is 4.79 Å². The van der Waals surface area contributed by atoms with Crippen LogP contribution in [0.3, 0.4) is 0 Å². The Bertz CT molecular complexity index is 850. The molecule has 0 aliphatic carbocycles. The van der Waals surface area contributed by atoms with Crippen molar-refractivity contribution in [2.24, 2.45) is 0 Å². The zero-order valence-electron chi connectivity index (χ0n) is 18.3. The molecule has 0 spiro atoms. The number of hydrogen-bond donors (Lipinski definition) is 0. The van der Waals surface area contributed by atoms with Crippen molar-refractivity contribution >= 4 is 5.97 Å². The molecule has 2 aliphatic rings. The van der Waals surface area contributed by atoms with Gasteiger partial charge in [0.15, 0.2) is 0 Å². The van der Waals surface area contributed by atoms with E-state index in [1.165, 1.54) is 0 Å². The molecule has 0 aromatic heterocycles. The van der Waals surface area contributed by atoms with Crippen LogP contribution in [0.2, 0.25) is 0 Å². The van der Waals surface area contributed by atoms with Crippen LogP contribution in [0.25, 0.3) is 0 Å². The molecule has 0 saturated carbocycles. The van der Waals surface area contributed by atoms with E-state index in [4.69, 9.17) is 18.9 Å². The normalized spacial score (nSPS) is 23.5. The lowest BCUT2D eigenvalue weighted by atomic mass is 9.92. The van der Waals surface area contributed by atoms with Gasteiger partial charge in [-0.15, -0.1) is 0 Å². The number of esters is 1. The van der Waals surface area contributed by atoms with E-state index in [1.807, 2.05) is 36.4 Å². The summed E-state index contributed by atoms with van der Waals surface area (Å²) >= 11 is 0. The first kappa shape index (κ1) is 21.8. The van der Waals surface area contributed by atoms with Crippen molar-refractivity contribution in [3.63, 3.8) is 0 Å². The highest BCUT2D eigenvalue weighted by Crippen LogP contribution is 2.32. The van der Waals surface area contributed by atoms with E-state index in [0.29, 0.717) is 24.5 Å². The van der Waals surface area contributed by atoms with E-state index in [1.54, 1.807) is 7.11 Å². The number of fused-ring (bicyclic) bond motifs is 3. The molecule has 0 N–H and O–H groups in total. The number of ether oxygens (including phenoxy) is 4. The summed E-state index contributed by atoms with van der Waals surface area (Å²) in [6.07, 6.45) is 6.36. The fourth-order valence-electron chi connectivity index (χ4n) is 4.60. The van der Waals surface area contributed by atoms with Gasteiger partial charge in [-0.25, -0.2) is 4.79 Å². The molecule has 2 aromatic rings. The summed E-state index contributed by atoms with van der Waals surface area (Å²) in [7, 11) is 1.59. The van der Waals surface area contributed by atoms with Crippen LogP contribution in [-0.2, 0) is 27.2 Å². The minimum atomic E-state index is -0.289. The Morgan fingerprint density at radius 1 is 1.03 bits per heavy atom. The highest BCUT2D eigenvalue weighted by Gasteiger charge is 2.31. The van der Waals surface area contributed by atoms with Crippen molar-refractivity contribution < 1.29 is 23.7 Å².